The van der Waals surface area contributed by atoms with Crippen molar-refractivity contribution in [2.45, 2.75) is 19.2 Å². The van der Waals surface area contributed by atoms with Gasteiger partial charge in [-0.3, -0.25) is 4.79 Å². The van der Waals surface area contributed by atoms with E-state index in [1.807, 2.05) is 6.92 Å². The first kappa shape index (κ1) is 11.7. The van der Waals surface area contributed by atoms with Crippen LogP contribution in [0.1, 0.15) is 13.8 Å². The fourth-order valence-corrected chi connectivity index (χ4v) is 0.926. The monoisotopic (exact) mass is 193 g/mol. The number of carbonyl (C=O) groups is 1. The third-order valence-corrected chi connectivity index (χ3v) is 1.68. The van der Waals surface area contributed by atoms with E-state index in [9.17, 15) is 4.79 Å². The van der Waals surface area contributed by atoms with E-state index in [-0.39, 0.29) is 5.91 Å². The lowest BCUT2D eigenvalue weighted by Gasteiger charge is -2.17. The van der Waals surface area contributed by atoms with Crippen molar-refractivity contribution in [3.05, 3.63) is 0 Å². The molecule has 0 N–H and O–H groups in total. The van der Waals surface area contributed by atoms with Gasteiger partial charge in [-0.2, -0.15) is 0 Å². The molecule has 0 fully saturated rings. The molecule has 0 aromatic rings. The number of likely N-dealkylation sites (N-methyl/N-ethyl adjacent to an activating group) is 1. The highest BCUT2D eigenvalue weighted by Crippen LogP contribution is 1.98. The van der Waals surface area contributed by atoms with Gasteiger partial charge in [0.15, 0.2) is 0 Å². The van der Waals surface area contributed by atoms with Crippen LogP contribution in [0.4, 0.5) is 0 Å². The van der Waals surface area contributed by atoms with Crippen LogP contribution < -0.4 is 0 Å². The average Bonchev–Trinajstić information content (AvgIpc) is 2.03. The van der Waals surface area contributed by atoms with Gasteiger partial charge < -0.3 is 9.64 Å². The molecule has 0 spiro atoms. The summed E-state index contributed by atoms with van der Waals surface area (Å²) >= 11 is 5.60. The molecule has 1 atom stereocenters. The minimum absolute atomic E-state index is 0.0589. The molecular formula is C8H16ClNO2. The first-order valence-electron chi connectivity index (χ1n) is 4.06. The van der Waals surface area contributed by atoms with Crippen molar-refractivity contribution >= 4 is 17.5 Å². The molecule has 3 nitrogen and oxygen atoms in total. The van der Waals surface area contributed by atoms with Crippen LogP contribution >= 0.6 is 11.6 Å². The highest BCUT2D eigenvalue weighted by molar-refractivity contribution is 6.30. The molecule has 0 radical (unpaired) electrons. The van der Waals surface area contributed by atoms with Crippen molar-refractivity contribution in [1.82, 2.24) is 4.90 Å². The van der Waals surface area contributed by atoms with E-state index in [2.05, 4.69) is 0 Å². The van der Waals surface area contributed by atoms with Crippen molar-refractivity contribution in [1.29, 1.82) is 0 Å². The van der Waals surface area contributed by atoms with E-state index in [1.165, 1.54) is 0 Å². The van der Waals surface area contributed by atoms with E-state index in [0.717, 1.165) is 0 Å². The third kappa shape index (κ3) is 4.57. The van der Waals surface area contributed by atoms with Crippen LogP contribution in [0.15, 0.2) is 0 Å². The molecule has 0 aliphatic heterocycles. The number of hydrogen-bond donors (Lipinski definition) is 0. The fraction of sp³-hybridized carbons (Fsp3) is 0.875. The predicted molar refractivity (Wildman–Crippen MR) is 49.4 cm³/mol. The maximum absolute atomic E-state index is 11.2. The lowest BCUT2D eigenvalue weighted by molar-refractivity contribution is -0.129. The van der Waals surface area contributed by atoms with Crippen LogP contribution in [0.3, 0.4) is 0 Å². The van der Waals surface area contributed by atoms with E-state index >= 15 is 0 Å². The zero-order valence-corrected chi connectivity index (χ0v) is 8.60. The van der Waals surface area contributed by atoms with Gasteiger partial charge >= 0.3 is 0 Å². The summed E-state index contributed by atoms with van der Waals surface area (Å²) in [5.41, 5.74) is 0. The summed E-state index contributed by atoms with van der Waals surface area (Å²) in [5, 5.41) is -0.448. The zero-order chi connectivity index (χ0) is 9.56. The quantitative estimate of drug-likeness (QED) is 0.484. The lowest BCUT2D eigenvalue weighted by Crippen LogP contribution is -2.34. The molecule has 0 saturated carbocycles. The highest BCUT2D eigenvalue weighted by Gasteiger charge is 2.13. The molecule has 1 unspecified atom stereocenters. The Morgan fingerprint density at radius 3 is 2.67 bits per heavy atom. The summed E-state index contributed by atoms with van der Waals surface area (Å²) in [6, 6.07) is 0. The number of carbonyl (C=O) groups excluding carboxylic acids is 1. The van der Waals surface area contributed by atoms with Crippen molar-refractivity contribution in [3.8, 4) is 0 Å². The van der Waals surface area contributed by atoms with E-state index < -0.39 is 5.38 Å². The van der Waals surface area contributed by atoms with Crippen molar-refractivity contribution in [3.63, 3.8) is 0 Å². The van der Waals surface area contributed by atoms with Gasteiger partial charge in [0.1, 0.15) is 5.38 Å². The topological polar surface area (TPSA) is 29.5 Å². The minimum atomic E-state index is -0.448. The van der Waals surface area contributed by atoms with Crippen LogP contribution in [0, 0.1) is 0 Å². The van der Waals surface area contributed by atoms with Crippen LogP contribution in [0.2, 0.25) is 0 Å². The molecule has 0 aliphatic carbocycles. The molecule has 0 bridgehead atoms. The van der Waals surface area contributed by atoms with Crippen molar-refractivity contribution in [2.75, 3.05) is 26.8 Å². The fourth-order valence-electron chi connectivity index (χ4n) is 0.760. The van der Waals surface area contributed by atoms with Gasteiger partial charge in [0.05, 0.1) is 6.61 Å². The molecule has 72 valence electrons. The highest BCUT2D eigenvalue weighted by atomic mass is 35.5. The number of halogens is 1. The number of nitrogens with zero attached hydrogens (tertiary/aromatic N) is 1. The Balaban J connectivity index is 3.57. The molecule has 1 amide bonds. The van der Waals surface area contributed by atoms with Crippen molar-refractivity contribution < 1.29 is 9.53 Å². The van der Waals surface area contributed by atoms with E-state index in [0.29, 0.717) is 19.8 Å². The largest absolute Gasteiger partial charge is 0.380 e. The molecular weight excluding hydrogens is 178 g/mol. The SMILES string of the molecule is CCOCCN(C)C(=O)C(C)Cl. The zero-order valence-electron chi connectivity index (χ0n) is 7.84. The summed E-state index contributed by atoms with van der Waals surface area (Å²) in [7, 11) is 1.72. The Hall–Kier alpha value is -0.280. The molecule has 0 saturated heterocycles. The smallest absolute Gasteiger partial charge is 0.240 e. The molecule has 4 heteroatoms. The maximum Gasteiger partial charge on any atom is 0.240 e. The normalized spacial score (nSPS) is 12.7. The Labute approximate surface area is 78.6 Å². The van der Waals surface area contributed by atoms with Gasteiger partial charge in [-0.05, 0) is 13.8 Å². The third-order valence-electron chi connectivity index (χ3n) is 1.49. The number of amides is 1. The van der Waals surface area contributed by atoms with Gasteiger partial charge in [-0.15, -0.1) is 11.6 Å². The number of hydrogen-bond acceptors (Lipinski definition) is 2. The Bertz CT molecular complexity index is 139. The minimum Gasteiger partial charge on any atom is -0.380 e. The number of alkyl halides is 1. The van der Waals surface area contributed by atoms with Gasteiger partial charge in [0, 0.05) is 20.2 Å². The van der Waals surface area contributed by atoms with E-state index in [4.69, 9.17) is 16.3 Å². The average molecular weight is 194 g/mol. The van der Waals surface area contributed by atoms with Crippen LogP contribution in [0.25, 0.3) is 0 Å². The van der Waals surface area contributed by atoms with Gasteiger partial charge in [0.25, 0.3) is 0 Å². The summed E-state index contributed by atoms with van der Waals surface area (Å²) < 4.78 is 5.10. The molecule has 12 heavy (non-hydrogen) atoms. The molecule has 0 aromatic heterocycles. The number of ether oxygens (including phenoxy) is 1. The molecule has 0 aromatic carbocycles. The van der Waals surface area contributed by atoms with Gasteiger partial charge in [-0.1, -0.05) is 0 Å². The second-order valence-corrected chi connectivity index (χ2v) is 3.23. The Kier molecular flexibility index (Phi) is 6.11. The number of rotatable bonds is 5. The second kappa shape index (κ2) is 6.26. The Morgan fingerprint density at radius 2 is 2.25 bits per heavy atom. The van der Waals surface area contributed by atoms with Gasteiger partial charge in [-0.25, -0.2) is 0 Å². The van der Waals surface area contributed by atoms with Crippen LogP contribution in [-0.2, 0) is 9.53 Å². The van der Waals surface area contributed by atoms with Crippen molar-refractivity contribution in [2.24, 2.45) is 0 Å². The molecule has 0 heterocycles. The lowest BCUT2D eigenvalue weighted by atomic mass is 10.4. The van der Waals surface area contributed by atoms with Crippen LogP contribution in [-0.4, -0.2) is 43.0 Å². The Morgan fingerprint density at radius 1 is 1.67 bits per heavy atom. The summed E-state index contributed by atoms with van der Waals surface area (Å²) in [6.07, 6.45) is 0. The van der Waals surface area contributed by atoms with Crippen LogP contribution in [0.5, 0.6) is 0 Å². The maximum atomic E-state index is 11.2. The van der Waals surface area contributed by atoms with Gasteiger partial charge in [0.2, 0.25) is 5.91 Å². The summed E-state index contributed by atoms with van der Waals surface area (Å²) in [4.78, 5) is 12.8. The summed E-state index contributed by atoms with van der Waals surface area (Å²) in [5.74, 6) is -0.0589. The summed E-state index contributed by atoms with van der Waals surface area (Å²) in [6.45, 7) is 5.44. The molecule has 0 rings (SSSR count). The van der Waals surface area contributed by atoms with E-state index in [1.54, 1.807) is 18.9 Å². The first-order valence-corrected chi connectivity index (χ1v) is 4.50. The first-order chi connectivity index (χ1) is 5.59. The predicted octanol–water partition coefficient (Wildman–Crippen LogP) is 1.11. The standard InChI is InChI=1S/C8H16ClNO2/c1-4-12-6-5-10(3)8(11)7(2)9/h7H,4-6H2,1-3H3. The molecule has 0 aliphatic rings. The second-order valence-electron chi connectivity index (χ2n) is 2.57.